The Labute approximate surface area is 154 Å². The molecule has 1 amide bonds. The molecule has 0 aliphatic carbocycles. The van der Waals surface area contributed by atoms with Crippen molar-refractivity contribution >= 4 is 18.1 Å². The molecule has 0 atom stereocenters. The van der Waals surface area contributed by atoms with Crippen LogP contribution in [0, 0.1) is 0 Å². The smallest absolute Gasteiger partial charge is 0.361 e. The quantitative estimate of drug-likeness (QED) is 0.312. The third-order valence-electron chi connectivity index (χ3n) is 3.63. The molecule has 0 spiro atoms. The summed E-state index contributed by atoms with van der Waals surface area (Å²) in [6, 6.07) is 14.4. The number of aromatic hydroxyl groups is 1. The lowest BCUT2D eigenvalue weighted by atomic mass is 10.2. The number of benzene rings is 2. The number of nitrogens with zero attached hydrogens (tertiary/aromatic N) is 3. The van der Waals surface area contributed by atoms with E-state index < -0.39 is 11.9 Å². The van der Waals surface area contributed by atoms with E-state index in [0.717, 1.165) is 0 Å². The Balaban J connectivity index is 1.64. The fraction of sp³-hybridized carbons (Fsp3) is 0.0526. The van der Waals surface area contributed by atoms with E-state index in [4.69, 9.17) is 4.74 Å². The molecule has 0 saturated heterocycles. The van der Waals surface area contributed by atoms with Crippen LogP contribution in [-0.2, 0) is 7.05 Å². The number of hydrogen-bond donors (Lipinski definition) is 2. The number of hydrazone groups is 1. The van der Waals surface area contributed by atoms with Crippen molar-refractivity contribution in [1.29, 1.82) is 0 Å². The molecular weight excluding hydrogens is 348 g/mol. The molecule has 0 aliphatic rings. The summed E-state index contributed by atoms with van der Waals surface area (Å²) in [4.78, 5) is 24.1. The van der Waals surface area contributed by atoms with Gasteiger partial charge in [0.25, 0.3) is 5.91 Å². The molecule has 3 aromatic rings. The minimum atomic E-state index is -0.539. The molecule has 0 saturated carbocycles. The summed E-state index contributed by atoms with van der Waals surface area (Å²) in [5.74, 6) is -0.869. The third-order valence-corrected chi connectivity index (χ3v) is 3.63. The van der Waals surface area contributed by atoms with E-state index in [2.05, 4.69) is 15.6 Å². The number of rotatable bonds is 5. The van der Waals surface area contributed by atoms with Crippen LogP contribution in [0.15, 0.2) is 65.9 Å². The molecule has 8 nitrogen and oxygen atoms in total. The van der Waals surface area contributed by atoms with Gasteiger partial charge in [0, 0.05) is 13.2 Å². The number of aromatic nitrogens is 2. The normalized spacial score (nSPS) is 10.7. The predicted octanol–water partition coefficient (Wildman–Crippen LogP) is 2.11. The topological polar surface area (TPSA) is 106 Å². The number of carbonyl (C=O) groups excluding carboxylic acids is 2. The second-order valence-electron chi connectivity index (χ2n) is 5.52. The first-order valence-electron chi connectivity index (χ1n) is 7.96. The molecule has 1 heterocycles. The fourth-order valence-electron chi connectivity index (χ4n) is 2.28. The van der Waals surface area contributed by atoms with Crippen LogP contribution in [0.25, 0.3) is 0 Å². The van der Waals surface area contributed by atoms with E-state index in [9.17, 15) is 14.7 Å². The van der Waals surface area contributed by atoms with Crippen LogP contribution in [0.1, 0.15) is 26.4 Å². The minimum Gasteiger partial charge on any atom is -0.507 e. The number of carbonyl (C=O) groups is 2. The van der Waals surface area contributed by atoms with Crippen molar-refractivity contribution in [3.05, 3.63) is 77.6 Å². The maximum absolute atomic E-state index is 12.1. The van der Waals surface area contributed by atoms with Crippen LogP contribution in [0.3, 0.4) is 0 Å². The van der Waals surface area contributed by atoms with Gasteiger partial charge in [0.05, 0.1) is 11.8 Å². The zero-order valence-corrected chi connectivity index (χ0v) is 14.4. The first kappa shape index (κ1) is 17.9. The summed E-state index contributed by atoms with van der Waals surface area (Å²) in [7, 11) is 1.65. The van der Waals surface area contributed by atoms with Crippen molar-refractivity contribution < 1.29 is 19.4 Å². The predicted molar refractivity (Wildman–Crippen MR) is 97.8 cm³/mol. The summed E-state index contributed by atoms with van der Waals surface area (Å²) >= 11 is 0. The van der Waals surface area contributed by atoms with Crippen LogP contribution in [-0.4, -0.2) is 33.0 Å². The first-order chi connectivity index (χ1) is 13.0. The van der Waals surface area contributed by atoms with Gasteiger partial charge in [-0.05, 0) is 35.9 Å². The standard InChI is InChI=1S/C19H16N4O4/c1-23-16(9-10-21-23)19(26)27-14-6-4-5-13(11-14)12-20-22-18(25)15-7-2-3-8-17(15)24/h2-12,24H,1H3,(H,22,25)/b20-12+. The van der Waals surface area contributed by atoms with E-state index in [1.54, 1.807) is 49.5 Å². The van der Waals surface area contributed by atoms with Gasteiger partial charge in [-0.15, -0.1) is 0 Å². The zero-order chi connectivity index (χ0) is 19.2. The molecule has 2 aromatic carbocycles. The third kappa shape index (κ3) is 4.37. The Bertz CT molecular complexity index is 1010. The Morgan fingerprint density at radius 2 is 2.00 bits per heavy atom. The van der Waals surface area contributed by atoms with E-state index in [-0.39, 0.29) is 11.3 Å². The number of phenols is 1. The minimum absolute atomic E-state index is 0.119. The molecule has 0 unspecified atom stereocenters. The number of nitrogens with one attached hydrogen (secondary N) is 1. The van der Waals surface area contributed by atoms with Crippen molar-refractivity contribution in [2.24, 2.45) is 12.1 Å². The molecule has 136 valence electrons. The van der Waals surface area contributed by atoms with Crippen LogP contribution in [0.4, 0.5) is 0 Å². The number of para-hydroxylation sites is 1. The molecule has 0 radical (unpaired) electrons. The van der Waals surface area contributed by atoms with Crippen molar-refractivity contribution in [2.75, 3.05) is 0 Å². The first-order valence-corrected chi connectivity index (χ1v) is 7.96. The maximum atomic E-state index is 12.1. The fourth-order valence-corrected chi connectivity index (χ4v) is 2.28. The van der Waals surface area contributed by atoms with Gasteiger partial charge in [-0.2, -0.15) is 10.2 Å². The number of amides is 1. The molecule has 8 heteroatoms. The SMILES string of the molecule is Cn1nccc1C(=O)Oc1cccc(/C=N/NC(=O)c2ccccc2O)c1. The molecule has 27 heavy (non-hydrogen) atoms. The van der Waals surface area contributed by atoms with Gasteiger partial charge < -0.3 is 9.84 Å². The van der Waals surface area contributed by atoms with E-state index in [1.165, 1.54) is 29.2 Å². The van der Waals surface area contributed by atoms with Crippen molar-refractivity contribution in [1.82, 2.24) is 15.2 Å². The molecule has 2 N–H and O–H groups in total. The Kier molecular flexibility index (Phi) is 5.27. The van der Waals surface area contributed by atoms with E-state index in [0.29, 0.717) is 17.0 Å². The highest BCUT2D eigenvalue weighted by atomic mass is 16.5. The van der Waals surface area contributed by atoms with Gasteiger partial charge in [0.15, 0.2) is 0 Å². The van der Waals surface area contributed by atoms with Crippen LogP contribution < -0.4 is 10.2 Å². The van der Waals surface area contributed by atoms with E-state index in [1.807, 2.05) is 0 Å². The Morgan fingerprint density at radius 1 is 1.19 bits per heavy atom. The monoisotopic (exact) mass is 364 g/mol. The summed E-state index contributed by atoms with van der Waals surface area (Å²) in [5, 5.41) is 17.4. The van der Waals surface area contributed by atoms with Crippen LogP contribution in [0.2, 0.25) is 0 Å². The average molecular weight is 364 g/mol. The second-order valence-corrected chi connectivity index (χ2v) is 5.52. The highest BCUT2D eigenvalue weighted by Gasteiger charge is 2.12. The number of esters is 1. The van der Waals surface area contributed by atoms with Crippen LogP contribution >= 0.6 is 0 Å². The lowest BCUT2D eigenvalue weighted by Gasteiger charge is -2.05. The van der Waals surface area contributed by atoms with Gasteiger partial charge >= 0.3 is 5.97 Å². The van der Waals surface area contributed by atoms with Gasteiger partial charge in [0.2, 0.25) is 0 Å². The lowest BCUT2D eigenvalue weighted by molar-refractivity contribution is 0.0723. The van der Waals surface area contributed by atoms with Gasteiger partial charge in [-0.3, -0.25) is 9.48 Å². The number of hydrogen-bond acceptors (Lipinski definition) is 6. The second kappa shape index (κ2) is 7.96. The molecular formula is C19H16N4O4. The van der Waals surface area contributed by atoms with Gasteiger partial charge in [-0.25, -0.2) is 10.2 Å². The van der Waals surface area contributed by atoms with E-state index >= 15 is 0 Å². The maximum Gasteiger partial charge on any atom is 0.361 e. The molecule has 0 fully saturated rings. The lowest BCUT2D eigenvalue weighted by Crippen LogP contribution is -2.17. The summed E-state index contributed by atoms with van der Waals surface area (Å²) < 4.78 is 6.73. The van der Waals surface area contributed by atoms with Crippen molar-refractivity contribution in [3.8, 4) is 11.5 Å². The number of ether oxygens (including phenoxy) is 1. The Morgan fingerprint density at radius 3 is 2.74 bits per heavy atom. The van der Waals surface area contributed by atoms with Gasteiger partial charge in [0.1, 0.15) is 17.2 Å². The average Bonchev–Trinajstić information content (AvgIpc) is 3.08. The number of phenolic OH excluding ortho intramolecular Hbond substituents is 1. The largest absolute Gasteiger partial charge is 0.507 e. The van der Waals surface area contributed by atoms with Crippen molar-refractivity contribution in [3.63, 3.8) is 0 Å². The molecule has 1 aromatic heterocycles. The highest BCUT2D eigenvalue weighted by Crippen LogP contribution is 2.16. The molecule has 0 bridgehead atoms. The van der Waals surface area contributed by atoms with Crippen LogP contribution in [0.5, 0.6) is 11.5 Å². The van der Waals surface area contributed by atoms with Crippen molar-refractivity contribution in [2.45, 2.75) is 0 Å². The highest BCUT2D eigenvalue weighted by molar-refractivity contribution is 5.97. The summed E-state index contributed by atoms with van der Waals surface area (Å²) in [5.41, 5.74) is 3.39. The number of aryl methyl sites for hydroxylation is 1. The Hall–Kier alpha value is -3.94. The molecule has 0 aliphatic heterocycles. The molecule has 3 rings (SSSR count). The summed E-state index contributed by atoms with van der Waals surface area (Å²) in [6.45, 7) is 0. The van der Waals surface area contributed by atoms with Gasteiger partial charge in [-0.1, -0.05) is 24.3 Å². The zero-order valence-electron chi connectivity index (χ0n) is 14.4. The summed E-state index contributed by atoms with van der Waals surface area (Å²) in [6.07, 6.45) is 2.91.